The molecule has 1 saturated heterocycles. The van der Waals surface area contributed by atoms with Gasteiger partial charge in [0, 0.05) is 6.54 Å². The molecule has 1 heterocycles. The lowest BCUT2D eigenvalue weighted by Gasteiger charge is -2.40. The number of nitrogens with zero attached hydrogens (tertiary/aromatic N) is 1. The number of hydrogen-bond acceptors (Lipinski definition) is 5. The van der Waals surface area contributed by atoms with Crippen LogP contribution in [-0.4, -0.2) is 59.2 Å². The van der Waals surface area contributed by atoms with E-state index < -0.39 is 44.0 Å². The van der Waals surface area contributed by atoms with Crippen LogP contribution >= 0.6 is 0 Å². The molecule has 0 spiro atoms. The summed E-state index contributed by atoms with van der Waals surface area (Å²) in [6.07, 6.45) is -0.702. The normalized spacial score (nSPS) is 25.1. The second-order valence-corrected chi connectivity index (χ2v) is 9.26. The van der Waals surface area contributed by atoms with E-state index >= 15 is 0 Å². The Kier molecular flexibility index (Phi) is 4.11. The Morgan fingerprint density at radius 3 is 2.20 bits per heavy atom. The van der Waals surface area contributed by atoms with Crippen LogP contribution in [0.3, 0.4) is 0 Å². The van der Waals surface area contributed by atoms with Gasteiger partial charge in [-0.1, -0.05) is 0 Å². The SMILES string of the molecule is CC(C)(C)OC(=O)N1CC(C(=O)O)S(=O)(=O)C(C)(C)C1. The number of rotatable bonds is 1. The van der Waals surface area contributed by atoms with Gasteiger partial charge in [0.05, 0.1) is 11.3 Å². The van der Waals surface area contributed by atoms with Gasteiger partial charge < -0.3 is 14.7 Å². The van der Waals surface area contributed by atoms with Gasteiger partial charge in [0.15, 0.2) is 15.1 Å². The maximum Gasteiger partial charge on any atom is 0.410 e. The smallest absolute Gasteiger partial charge is 0.410 e. The predicted molar refractivity (Wildman–Crippen MR) is 72.2 cm³/mol. The Balaban J connectivity index is 3.06. The van der Waals surface area contributed by atoms with E-state index in [-0.39, 0.29) is 6.54 Å². The number of carbonyl (C=O) groups is 2. The van der Waals surface area contributed by atoms with E-state index in [0.29, 0.717) is 0 Å². The summed E-state index contributed by atoms with van der Waals surface area (Å²) in [4.78, 5) is 24.3. The van der Waals surface area contributed by atoms with Gasteiger partial charge in [-0.3, -0.25) is 4.79 Å². The molecule has 1 atom stereocenters. The largest absolute Gasteiger partial charge is 0.480 e. The minimum atomic E-state index is -3.86. The van der Waals surface area contributed by atoms with Crippen LogP contribution < -0.4 is 0 Å². The van der Waals surface area contributed by atoms with E-state index in [9.17, 15) is 18.0 Å². The van der Waals surface area contributed by atoms with Crippen LogP contribution in [0.5, 0.6) is 0 Å². The number of carboxylic acid groups (broad SMARTS) is 1. The molecule has 20 heavy (non-hydrogen) atoms. The topological polar surface area (TPSA) is 101 Å². The van der Waals surface area contributed by atoms with Crippen molar-refractivity contribution in [1.82, 2.24) is 4.90 Å². The number of hydrogen-bond donors (Lipinski definition) is 1. The molecule has 0 aromatic rings. The van der Waals surface area contributed by atoms with Gasteiger partial charge in [-0.2, -0.15) is 0 Å². The fourth-order valence-corrected chi connectivity index (χ4v) is 3.72. The lowest BCUT2D eigenvalue weighted by Crippen LogP contribution is -2.61. The van der Waals surface area contributed by atoms with Crippen molar-refractivity contribution in [1.29, 1.82) is 0 Å². The summed E-state index contributed by atoms with van der Waals surface area (Å²) in [6.45, 7) is 7.40. The summed E-state index contributed by atoms with van der Waals surface area (Å²) in [7, 11) is -3.86. The van der Waals surface area contributed by atoms with Gasteiger partial charge in [0.25, 0.3) is 0 Å². The summed E-state index contributed by atoms with van der Waals surface area (Å²) in [5, 5.41) is 7.45. The molecule has 0 aromatic carbocycles. The van der Waals surface area contributed by atoms with Crippen molar-refractivity contribution in [2.45, 2.75) is 50.2 Å². The molecule has 0 bridgehead atoms. The second kappa shape index (κ2) is 4.91. The van der Waals surface area contributed by atoms with Crippen molar-refractivity contribution < 1.29 is 27.9 Å². The standard InChI is InChI=1S/C12H21NO6S/c1-11(2,3)19-10(16)13-6-8(9(14)15)20(17,18)12(4,5)7-13/h8H,6-7H2,1-5H3,(H,14,15). The van der Waals surface area contributed by atoms with E-state index in [1.807, 2.05) is 0 Å². The summed E-state index contributed by atoms with van der Waals surface area (Å²) in [6, 6.07) is 0. The van der Waals surface area contributed by atoms with E-state index in [0.717, 1.165) is 4.90 Å². The number of carbonyl (C=O) groups excluding carboxylic acids is 1. The van der Waals surface area contributed by atoms with Crippen LogP contribution in [0.15, 0.2) is 0 Å². The molecule has 1 aliphatic rings. The zero-order chi connectivity index (χ0) is 15.9. The van der Waals surface area contributed by atoms with Gasteiger partial charge >= 0.3 is 12.1 Å². The maximum atomic E-state index is 12.2. The number of aliphatic carboxylic acids is 1. The Hall–Kier alpha value is -1.31. The fourth-order valence-electron chi connectivity index (χ4n) is 1.97. The lowest BCUT2D eigenvalue weighted by molar-refractivity contribution is -0.137. The molecule has 1 N–H and O–H groups in total. The molecule has 1 aliphatic heterocycles. The van der Waals surface area contributed by atoms with Crippen LogP contribution in [0.25, 0.3) is 0 Å². The molecular weight excluding hydrogens is 286 g/mol. The average molecular weight is 307 g/mol. The lowest BCUT2D eigenvalue weighted by atomic mass is 10.1. The quantitative estimate of drug-likeness (QED) is 0.772. The van der Waals surface area contributed by atoms with Crippen molar-refractivity contribution in [3.05, 3.63) is 0 Å². The fraction of sp³-hybridized carbons (Fsp3) is 0.833. The highest BCUT2D eigenvalue weighted by molar-refractivity contribution is 7.94. The Morgan fingerprint density at radius 2 is 1.80 bits per heavy atom. The van der Waals surface area contributed by atoms with E-state index in [1.54, 1.807) is 20.8 Å². The number of sulfone groups is 1. The zero-order valence-corrected chi connectivity index (χ0v) is 13.2. The molecule has 7 nitrogen and oxygen atoms in total. The number of amides is 1. The van der Waals surface area contributed by atoms with E-state index in [4.69, 9.17) is 9.84 Å². The Morgan fingerprint density at radius 1 is 1.30 bits per heavy atom. The van der Waals surface area contributed by atoms with Crippen molar-refractivity contribution in [3.8, 4) is 0 Å². The third-order valence-electron chi connectivity index (χ3n) is 3.03. The first-order chi connectivity index (χ1) is 8.78. The number of carboxylic acids is 1. The molecule has 0 aromatic heterocycles. The van der Waals surface area contributed by atoms with Crippen LogP contribution in [0.2, 0.25) is 0 Å². The molecule has 1 fully saturated rings. The highest BCUT2D eigenvalue weighted by atomic mass is 32.2. The van der Waals surface area contributed by atoms with Gasteiger partial charge in [0.1, 0.15) is 5.60 Å². The molecule has 1 rings (SSSR count). The minimum Gasteiger partial charge on any atom is -0.480 e. The van der Waals surface area contributed by atoms with Crippen LogP contribution in [0, 0.1) is 0 Å². The van der Waals surface area contributed by atoms with Gasteiger partial charge in [-0.05, 0) is 34.6 Å². The summed E-state index contributed by atoms with van der Waals surface area (Å²) < 4.78 is 28.2. The van der Waals surface area contributed by atoms with E-state index in [1.165, 1.54) is 13.8 Å². The first-order valence-corrected chi connectivity index (χ1v) is 7.77. The van der Waals surface area contributed by atoms with Crippen molar-refractivity contribution in [2.75, 3.05) is 13.1 Å². The van der Waals surface area contributed by atoms with Crippen molar-refractivity contribution >= 4 is 21.9 Å². The summed E-state index contributed by atoms with van der Waals surface area (Å²) >= 11 is 0. The van der Waals surface area contributed by atoms with Gasteiger partial charge in [-0.15, -0.1) is 0 Å². The highest BCUT2D eigenvalue weighted by Gasteiger charge is 2.51. The predicted octanol–water partition coefficient (Wildman–Crippen LogP) is 0.884. The van der Waals surface area contributed by atoms with Crippen molar-refractivity contribution in [2.24, 2.45) is 0 Å². The summed E-state index contributed by atoms with van der Waals surface area (Å²) in [5.74, 6) is -1.45. The Bertz CT molecular complexity index is 517. The zero-order valence-electron chi connectivity index (χ0n) is 12.3. The molecule has 0 saturated carbocycles. The molecule has 0 radical (unpaired) electrons. The number of ether oxygens (including phenoxy) is 1. The van der Waals surface area contributed by atoms with Crippen LogP contribution in [-0.2, 0) is 19.4 Å². The molecule has 0 aliphatic carbocycles. The molecule has 8 heteroatoms. The third kappa shape index (κ3) is 3.23. The Labute approximate surface area is 118 Å². The van der Waals surface area contributed by atoms with Crippen LogP contribution in [0.1, 0.15) is 34.6 Å². The van der Waals surface area contributed by atoms with E-state index in [2.05, 4.69) is 0 Å². The van der Waals surface area contributed by atoms with Gasteiger partial charge in [0.2, 0.25) is 0 Å². The van der Waals surface area contributed by atoms with Crippen LogP contribution in [0.4, 0.5) is 4.79 Å². The molecule has 1 amide bonds. The first-order valence-electron chi connectivity index (χ1n) is 6.22. The maximum absolute atomic E-state index is 12.2. The molecule has 116 valence electrons. The summed E-state index contributed by atoms with van der Waals surface area (Å²) in [5.41, 5.74) is -0.726. The van der Waals surface area contributed by atoms with Crippen molar-refractivity contribution in [3.63, 3.8) is 0 Å². The first kappa shape index (κ1) is 16.7. The highest BCUT2D eigenvalue weighted by Crippen LogP contribution is 2.29. The third-order valence-corrected chi connectivity index (χ3v) is 5.80. The second-order valence-electron chi connectivity index (χ2n) is 6.49. The van der Waals surface area contributed by atoms with Gasteiger partial charge in [-0.25, -0.2) is 13.2 Å². The minimum absolute atomic E-state index is 0.0893. The molecule has 1 unspecified atom stereocenters. The monoisotopic (exact) mass is 307 g/mol. The molecular formula is C12H21NO6S. The average Bonchev–Trinajstić information content (AvgIpc) is 2.18.